The lowest BCUT2D eigenvalue weighted by Crippen LogP contribution is -2.30. The average Bonchev–Trinajstić information content (AvgIpc) is 2.65. The molecule has 0 bridgehead atoms. The smallest absolute Gasteiger partial charge is 0.251 e. The van der Waals surface area contributed by atoms with E-state index in [4.69, 9.17) is 4.74 Å². The largest absolute Gasteiger partial charge is 0.489 e. The van der Waals surface area contributed by atoms with E-state index in [9.17, 15) is 9.59 Å². The fourth-order valence-corrected chi connectivity index (χ4v) is 2.31. The number of ether oxygens (including phenoxy) is 1. The second kappa shape index (κ2) is 10.2. The third kappa shape index (κ3) is 7.15. The predicted octanol–water partition coefficient (Wildman–Crippen LogP) is 3.83. The number of hydrogen-bond acceptors (Lipinski definition) is 4. The summed E-state index contributed by atoms with van der Waals surface area (Å²) in [6, 6.07) is 14.2. The molecule has 2 aromatic carbocycles. The van der Waals surface area contributed by atoms with Crippen LogP contribution in [0.15, 0.2) is 60.7 Å². The topological polar surface area (TPSA) is 79.5 Å². The highest BCUT2D eigenvalue weighted by molar-refractivity contribution is 5.95. The number of amides is 2. The first-order chi connectivity index (χ1) is 13.3. The molecule has 28 heavy (non-hydrogen) atoms. The van der Waals surface area contributed by atoms with Gasteiger partial charge in [0.1, 0.15) is 12.4 Å². The van der Waals surface area contributed by atoms with Gasteiger partial charge in [-0.05, 0) is 74.9 Å². The van der Waals surface area contributed by atoms with Crippen molar-refractivity contribution in [3.8, 4) is 5.75 Å². The number of anilines is 2. The van der Waals surface area contributed by atoms with Crippen molar-refractivity contribution in [1.82, 2.24) is 5.32 Å². The summed E-state index contributed by atoms with van der Waals surface area (Å²) in [6.07, 6.45) is 0. The van der Waals surface area contributed by atoms with Gasteiger partial charge in [0, 0.05) is 23.0 Å². The molecule has 2 amide bonds. The van der Waals surface area contributed by atoms with Crippen LogP contribution in [0.5, 0.6) is 5.75 Å². The quantitative estimate of drug-likeness (QED) is 0.577. The van der Waals surface area contributed by atoms with Gasteiger partial charge >= 0.3 is 0 Å². The molecule has 2 aromatic rings. The molecule has 148 valence electrons. The van der Waals surface area contributed by atoms with Crippen molar-refractivity contribution < 1.29 is 14.3 Å². The lowest BCUT2D eigenvalue weighted by atomic mass is 10.2. The summed E-state index contributed by atoms with van der Waals surface area (Å²) in [7, 11) is 0. The highest BCUT2D eigenvalue weighted by Crippen LogP contribution is 2.16. The summed E-state index contributed by atoms with van der Waals surface area (Å²) >= 11 is 0. The van der Waals surface area contributed by atoms with E-state index in [1.54, 1.807) is 48.5 Å². The van der Waals surface area contributed by atoms with Crippen LogP contribution >= 0.6 is 0 Å². The molecule has 0 aliphatic heterocycles. The summed E-state index contributed by atoms with van der Waals surface area (Å²) < 4.78 is 5.53. The van der Waals surface area contributed by atoms with Crippen LogP contribution in [0.2, 0.25) is 0 Å². The van der Waals surface area contributed by atoms with Crippen molar-refractivity contribution in [2.45, 2.75) is 26.8 Å². The van der Waals surface area contributed by atoms with Gasteiger partial charge in [0.15, 0.2) is 0 Å². The summed E-state index contributed by atoms with van der Waals surface area (Å²) in [5.74, 6) is 0.438. The minimum atomic E-state index is -0.169. The lowest BCUT2D eigenvalue weighted by molar-refractivity contribution is -0.114. The van der Waals surface area contributed by atoms with Crippen LogP contribution in [0.1, 0.15) is 31.1 Å². The molecular weight excluding hydrogens is 354 g/mol. The molecular formula is C22H27N3O3. The Labute approximate surface area is 166 Å². The van der Waals surface area contributed by atoms with Crippen LogP contribution in [-0.4, -0.2) is 31.0 Å². The van der Waals surface area contributed by atoms with E-state index in [1.165, 1.54) is 0 Å². The Bertz CT molecular complexity index is 812. The third-order valence-electron chi connectivity index (χ3n) is 3.64. The van der Waals surface area contributed by atoms with Gasteiger partial charge < -0.3 is 20.7 Å². The van der Waals surface area contributed by atoms with Crippen molar-refractivity contribution in [1.29, 1.82) is 0 Å². The molecule has 0 saturated heterocycles. The molecule has 0 fully saturated rings. The number of hydrogen-bond donors (Lipinski definition) is 3. The van der Waals surface area contributed by atoms with Crippen LogP contribution in [-0.2, 0) is 4.79 Å². The highest BCUT2D eigenvalue weighted by atomic mass is 16.5. The molecule has 0 aliphatic carbocycles. The fourth-order valence-electron chi connectivity index (χ4n) is 2.31. The van der Waals surface area contributed by atoms with Gasteiger partial charge in [-0.3, -0.25) is 9.59 Å². The van der Waals surface area contributed by atoms with E-state index >= 15 is 0 Å². The molecule has 0 saturated carbocycles. The minimum absolute atomic E-state index is 0.0840. The molecule has 0 heterocycles. The molecule has 0 unspecified atom stereocenters. The molecule has 2 rings (SSSR count). The molecule has 0 radical (unpaired) electrons. The van der Waals surface area contributed by atoms with Crippen LogP contribution in [0.25, 0.3) is 0 Å². The Morgan fingerprint density at radius 2 is 1.61 bits per heavy atom. The van der Waals surface area contributed by atoms with E-state index in [0.717, 1.165) is 17.0 Å². The monoisotopic (exact) mass is 381 g/mol. The Morgan fingerprint density at radius 1 is 1.00 bits per heavy atom. The number of carbonyl (C=O) groups excluding carboxylic acids is 2. The zero-order chi connectivity index (χ0) is 20.5. The number of benzene rings is 2. The molecule has 6 nitrogen and oxygen atoms in total. The molecule has 0 atom stereocenters. The standard InChI is InChI=1S/C22H27N3O3/c1-15(2)14-28-20-11-9-19(10-12-20)25-21(26)13-23-18-7-5-17(6-8-18)22(27)24-16(3)4/h5-12,16,23H,1,13-14H2,2-4H3,(H,24,27)(H,25,26). The Morgan fingerprint density at radius 3 is 2.18 bits per heavy atom. The van der Waals surface area contributed by atoms with Crippen LogP contribution in [0, 0.1) is 0 Å². The molecule has 0 aromatic heterocycles. The molecule has 3 N–H and O–H groups in total. The maximum absolute atomic E-state index is 12.1. The van der Waals surface area contributed by atoms with E-state index in [1.807, 2.05) is 20.8 Å². The number of carbonyl (C=O) groups is 2. The van der Waals surface area contributed by atoms with Gasteiger partial charge in [-0.15, -0.1) is 0 Å². The molecule has 0 aliphatic rings. The second-order valence-corrected chi connectivity index (χ2v) is 6.88. The first-order valence-electron chi connectivity index (χ1n) is 9.15. The number of nitrogens with one attached hydrogen (secondary N) is 3. The molecule has 6 heteroatoms. The highest BCUT2D eigenvalue weighted by Gasteiger charge is 2.07. The van der Waals surface area contributed by atoms with Crippen LogP contribution in [0.4, 0.5) is 11.4 Å². The zero-order valence-corrected chi connectivity index (χ0v) is 16.5. The van der Waals surface area contributed by atoms with E-state index in [0.29, 0.717) is 17.9 Å². The minimum Gasteiger partial charge on any atom is -0.489 e. The van der Waals surface area contributed by atoms with Gasteiger partial charge in [0.25, 0.3) is 5.91 Å². The Hall–Kier alpha value is -3.28. The normalized spacial score (nSPS) is 10.3. The van der Waals surface area contributed by atoms with Gasteiger partial charge in [0.05, 0.1) is 6.54 Å². The van der Waals surface area contributed by atoms with Gasteiger partial charge in [-0.25, -0.2) is 0 Å². The summed E-state index contributed by atoms with van der Waals surface area (Å²) in [5.41, 5.74) is 2.98. The van der Waals surface area contributed by atoms with Crippen LogP contribution in [0.3, 0.4) is 0 Å². The van der Waals surface area contributed by atoms with Crippen molar-refractivity contribution in [2.75, 3.05) is 23.8 Å². The predicted molar refractivity (Wildman–Crippen MR) is 113 cm³/mol. The summed E-state index contributed by atoms with van der Waals surface area (Å²) in [6.45, 7) is 10.1. The van der Waals surface area contributed by atoms with Crippen molar-refractivity contribution in [3.63, 3.8) is 0 Å². The summed E-state index contributed by atoms with van der Waals surface area (Å²) in [5, 5.41) is 8.69. The maximum atomic E-state index is 12.1. The fraction of sp³-hybridized carbons (Fsp3) is 0.273. The van der Waals surface area contributed by atoms with Gasteiger partial charge in [0.2, 0.25) is 5.91 Å². The van der Waals surface area contributed by atoms with Crippen molar-refractivity contribution in [3.05, 3.63) is 66.2 Å². The van der Waals surface area contributed by atoms with Crippen molar-refractivity contribution in [2.24, 2.45) is 0 Å². The van der Waals surface area contributed by atoms with Crippen LogP contribution < -0.4 is 20.7 Å². The maximum Gasteiger partial charge on any atom is 0.251 e. The SMILES string of the molecule is C=C(C)COc1ccc(NC(=O)CNc2ccc(C(=O)NC(C)C)cc2)cc1. The zero-order valence-electron chi connectivity index (χ0n) is 16.5. The Kier molecular flexibility index (Phi) is 7.63. The van der Waals surface area contributed by atoms with E-state index in [2.05, 4.69) is 22.5 Å². The average molecular weight is 381 g/mol. The van der Waals surface area contributed by atoms with Crippen molar-refractivity contribution >= 4 is 23.2 Å². The first kappa shape index (κ1) is 21.0. The third-order valence-corrected chi connectivity index (χ3v) is 3.64. The molecule has 0 spiro atoms. The van der Waals surface area contributed by atoms with E-state index in [-0.39, 0.29) is 24.4 Å². The first-order valence-corrected chi connectivity index (χ1v) is 9.15. The Balaban J connectivity index is 1.80. The second-order valence-electron chi connectivity index (χ2n) is 6.88. The van der Waals surface area contributed by atoms with E-state index < -0.39 is 0 Å². The van der Waals surface area contributed by atoms with Gasteiger partial charge in [-0.1, -0.05) is 6.58 Å². The van der Waals surface area contributed by atoms with Gasteiger partial charge in [-0.2, -0.15) is 0 Å². The summed E-state index contributed by atoms with van der Waals surface area (Å²) in [4.78, 5) is 24.0. The number of rotatable bonds is 9. The lowest BCUT2D eigenvalue weighted by Gasteiger charge is -2.11.